The largest absolute Gasteiger partial charge is 0.291 e. The normalized spacial score (nSPS) is 31.5. The molecule has 32 heavy (non-hydrogen) atoms. The molecule has 0 N–H and O–H groups in total. The number of thiophene rings is 1. The molecule has 2 bridgehead atoms. The van der Waals surface area contributed by atoms with Crippen molar-refractivity contribution in [2.24, 2.45) is 35.5 Å². The van der Waals surface area contributed by atoms with Crippen molar-refractivity contribution in [1.29, 1.82) is 0 Å². The van der Waals surface area contributed by atoms with E-state index in [1.165, 1.54) is 23.5 Å². The van der Waals surface area contributed by atoms with Gasteiger partial charge in [0.15, 0.2) is 5.78 Å². The summed E-state index contributed by atoms with van der Waals surface area (Å²) in [5, 5.41) is 4.24. The second-order valence-corrected chi connectivity index (χ2v) is 10.3. The molecule has 6 atom stereocenters. The standard InChI is InChI=1S/C24H19ClN2O4S/c25-13-5-3-12(4-6-13)22(29)26(11-18(28)19-2-1-9-32-19)27-23(30)20-14-7-8-15(17-10-16(14)17)21(20)24(27)31/h1-9,14-17,20-21H,10-11H2/t14-,15+,16-,17+,20-,21+. The lowest BCUT2D eigenvalue weighted by Crippen LogP contribution is -2.52. The maximum absolute atomic E-state index is 13.6. The van der Waals surface area contributed by atoms with Gasteiger partial charge < -0.3 is 0 Å². The van der Waals surface area contributed by atoms with Gasteiger partial charge in [-0.15, -0.1) is 11.3 Å². The molecule has 2 aromatic rings. The summed E-state index contributed by atoms with van der Waals surface area (Å²) >= 11 is 7.22. The van der Waals surface area contributed by atoms with Crippen LogP contribution in [0.1, 0.15) is 26.5 Å². The number of allylic oxidation sites excluding steroid dienone is 2. The van der Waals surface area contributed by atoms with Crippen molar-refractivity contribution in [2.45, 2.75) is 6.42 Å². The minimum Gasteiger partial charge on any atom is -0.291 e. The molecule has 5 aliphatic rings. The zero-order chi connectivity index (χ0) is 22.1. The second kappa shape index (κ2) is 7.12. The van der Waals surface area contributed by atoms with E-state index in [1.807, 2.05) is 0 Å². The van der Waals surface area contributed by atoms with Gasteiger partial charge in [0.1, 0.15) is 6.54 Å². The number of benzene rings is 1. The van der Waals surface area contributed by atoms with Crippen molar-refractivity contribution in [2.75, 3.05) is 6.54 Å². The van der Waals surface area contributed by atoms with E-state index in [0.717, 1.165) is 16.4 Å². The van der Waals surface area contributed by atoms with E-state index in [9.17, 15) is 19.2 Å². The first-order chi connectivity index (χ1) is 15.5. The molecule has 4 aliphatic carbocycles. The molecule has 8 heteroatoms. The van der Waals surface area contributed by atoms with Gasteiger partial charge in [0.25, 0.3) is 17.7 Å². The molecule has 1 saturated heterocycles. The smallest absolute Gasteiger partial charge is 0.273 e. The summed E-state index contributed by atoms with van der Waals surface area (Å²) in [6, 6.07) is 9.62. The van der Waals surface area contributed by atoms with Crippen LogP contribution in [-0.2, 0) is 9.59 Å². The van der Waals surface area contributed by atoms with Crippen molar-refractivity contribution < 1.29 is 19.2 Å². The predicted octanol–water partition coefficient (Wildman–Crippen LogP) is 3.69. The van der Waals surface area contributed by atoms with Gasteiger partial charge in [-0.3, -0.25) is 19.2 Å². The fraction of sp³-hybridized carbons (Fsp3) is 0.333. The van der Waals surface area contributed by atoms with Crippen LogP contribution in [0.5, 0.6) is 0 Å². The highest BCUT2D eigenvalue weighted by atomic mass is 35.5. The van der Waals surface area contributed by atoms with Gasteiger partial charge in [0, 0.05) is 10.6 Å². The SMILES string of the molecule is O=C(CN(C(=O)c1ccc(Cl)cc1)N1C(=O)[C@@H]2[C@@H]3C=C[C@@H]([C@@H]4C[C@H]34)[C@@H]2C1=O)c1cccs1. The Hall–Kier alpha value is -2.77. The third-order valence-corrected chi connectivity index (χ3v) is 8.46. The highest BCUT2D eigenvalue weighted by Gasteiger charge is 2.68. The summed E-state index contributed by atoms with van der Waals surface area (Å²) < 4.78 is 0. The van der Waals surface area contributed by atoms with Crippen molar-refractivity contribution in [3.05, 3.63) is 69.4 Å². The van der Waals surface area contributed by atoms with Crippen molar-refractivity contribution in [3.8, 4) is 0 Å². The summed E-state index contributed by atoms with van der Waals surface area (Å²) in [5.41, 5.74) is 0.257. The average Bonchev–Trinajstić information content (AvgIpc) is 3.36. The van der Waals surface area contributed by atoms with Crippen LogP contribution >= 0.6 is 22.9 Å². The quantitative estimate of drug-likeness (QED) is 0.382. The maximum Gasteiger partial charge on any atom is 0.273 e. The van der Waals surface area contributed by atoms with Crippen LogP contribution in [0.4, 0.5) is 0 Å². The average molecular weight is 467 g/mol. The summed E-state index contributed by atoms with van der Waals surface area (Å²) in [4.78, 5) is 54.0. The molecule has 3 amide bonds. The molecule has 162 valence electrons. The molecule has 2 saturated carbocycles. The lowest BCUT2D eigenvalue weighted by atomic mass is 9.63. The maximum atomic E-state index is 13.6. The molecule has 0 spiro atoms. The number of amides is 3. The van der Waals surface area contributed by atoms with Crippen molar-refractivity contribution in [3.63, 3.8) is 0 Å². The lowest BCUT2D eigenvalue weighted by molar-refractivity contribution is -0.154. The number of ketones is 1. The Balaban J connectivity index is 1.37. The van der Waals surface area contributed by atoms with Gasteiger partial charge in [-0.05, 0) is 65.8 Å². The topological polar surface area (TPSA) is 74.8 Å². The van der Waals surface area contributed by atoms with E-state index in [4.69, 9.17) is 11.6 Å². The van der Waals surface area contributed by atoms with E-state index in [-0.39, 0.29) is 41.5 Å². The third kappa shape index (κ3) is 2.84. The van der Waals surface area contributed by atoms with E-state index in [0.29, 0.717) is 21.7 Å². The van der Waals surface area contributed by atoms with Gasteiger partial charge in [-0.1, -0.05) is 29.8 Å². The van der Waals surface area contributed by atoms with Crippen LogP contribution in [-0.4, -0.2) is 40.1 Å². The Morgan fingerprint density at radius 2 is 1.62 bits per heavy atom. The summed E-state index contributed by atoms with van der Waals surface area (Å²) in [5.74, 6) is -1.53. The number of hydrogen-bond acceptors (Lipinski definition) is 5. The van der Waals surface area contributed by atoms with E-state index in [2.05, 4.69) is 12.2 Å². The molecule has 0 radical (unpaired) electrons. The highest BCUT2D eigenvalue weighted by Crippen LogP contribution is 2.65. The van der Waals surface area contributed by atoms with Crippen LogP contribution in [0.2, 0.25) is 5.02 Å². The molecular formula is C24H19ClN2O4S. The Bertz CT molecular complexity index is 1140. The first-order valence-corrected chi connectivity index (χ1v) is 11.9. The summed E-state index contributed by atoms with van der Waals surface area (Å²) in [6.45, 7) is -0.380. The van der Waals surface area contributed by atoms with Crippen LogP contribution in [0, 0.1) is 35.5 Å². The minimum atomic E-state index is -0.572. The van der Waals surface area contributed by atoms with Gasteiger partial charge in [0.2, 0.25) is 0 Å². The molecule has 0 unspecified atom stereocenters. The Kier molecular flexibility index (Phi) is 4.42. The first kappa shape index (κ1) is 19.9. The molecule has 7 rings (SSSR count). The third-order valence-electron chi connectivity index (χ3n) is 7.30. The number of imide groups is 1. The fourth-order valence-electron chi connectivity index (χ4n) is 5.81. The number of halogens is 1. The van der Waals surface area contributed by atoms with E-state index >= 15 is 0 Å². The molecule has 1 aromatic carbocycles. The summed E-state index contributed by atoms with van der Waals surface area (Å²) in [6.07, 6.45) is 5.22. The van der Waals surface area contributed by atoms with Gasteiger partial charge in [0.05, 0.1) is 16.7 Å². The number of hydrogen-bond donors (Lipinski definition) is 0. The molecule has 2 heterocycles. The monoisotopic (exact) mass is 466 g/mol. The Morgan fingerprint density at radius 3 is 2.19 bits per heavy atom. The zero-order valence-electron chi connectivity index (χ0n) is 16.9. The number of nitrogens with zero attached hydrogens (tertiary/aromatic N) is 2. The second-order valence-electron chi connectivity index (χ2n) is 8.91. The Morgan fingerprint density at radius 1 is 1.00 bits per heavy atom. The van der Waals surface area contributed by atoms with Crippen molar-refractivity contribution in [1.82, 2.24) is 10.0 Å². The van der Waals surface area contributed by atoms with Crippen molar-refractivity contribution >= 4 is 46.4 Å². The number of rotatable bonds is 5. The minimum absolute atomic E-state index is 0.0388. The first-order valence-electron chi connectivity index (χ1n) is 10.7. The molecule has 1 aromatic heterocycles. The van der Waals surface area contributed by atoms with E-state index < -0.39 is 17.7 Å². The number of carbonyl (C=O) groups is 4. The number of hydrazine groups is 1. The summed E-state index contributed by atoms with van der Waals surface area (Å²) in [7, 11) is 0. The zero-order valence-corrected chi connectivity index (χ0v) is 18.5. The fourth-order valence-corrected chi connectivity index (χ4v) is 6.59. The van der Waals surface area contributed by atoms with Crippen LogP contribution in [0.25, 0.3) is 0 Å². The molecule has 3 fully saturated rings. The molecule has 1 aliphatic heterocycles. The van der Waals surface area contributed by atoms with Crippen LogP contribution in [0.3, 0.4) is 0 Å². The molecule has 6 nitrogen and oxygen atoms in total. The molecular weight excluding hydrogens is 448 g/mol. The number of Topliss-reactive ketones (excluding diaryl/α,β-unsaturated/α-hetero) is 1. The Labute approximate surface area is 193 Å². The highest BCUT2D eigenvalue weighted by molar-refractivity contribution is 7.12. The van der Waals surface area contributed by atoms with Crippen LogP contribution < -0.4 is 0 Å². The van der Waals surface area contributed by atoms with Crippen LogP contribution in [0.15, 0.2) is 53.9 Å². The van der Waals surface area contributed by atoms with E-state index in [1.54, 1.807) is 29.6 Å². The van der Waals surface area contributed by atoms with Gasteiger partial charge in [-0.25, -0.2) is 5.01 Å². The lowest BCUT2D eigenvalue weighted by Gasteiger charge is -2.37. The predicted molar refractivity (Wildman–Crippen MR) is 118 cm³/mol. The number of carbonyl (C=O) groups excluding carboxylic acids is 4. The van der Waals surface area contributed by atoms with Gasteiger partial charge >= 0.3 is 0 Å². The van der Waals surface area contributed by atoms with Gasteiger partial charge in [-0.2, -0.15) is 5.01 Å².